The molecular weight excluding hydrogens is 324 g/mol. The van der Waals surface area contributed by atoms with Gasteiger partial charge in [-0.2, -0.15) is 0 Å². The Kier molecular flexibility index (Phi) is 5.53. The molecule has 0 spiro atoms. The maximum Gasteiger partial charge on any atom is 0.303 e. The van der Waals surface area contributed by atoms with Crippen LogP contribution in [0.25, 0.3) is 0 Å². The summed E-state index contributed by atoms with van der Waals surface area (Å²) in [5, 5.41) is 10.1. The fourth-order valence-corrected chi connectivity index (χ4v) is 2.65. The molecule has 1 saturated heterocycles. The molecule has 0 aliphatic carbocycles. The Hall–Kier alpha value is -2.57. The van der Waals surface area contributed by atoms with Gasteiger partial charge in [0, 0.05) is 6.92 Å². The number of esters is 1. The molecule has 3 rings (SSSR count). The molecule has 4 atom stereocenters. The van der Waals surface area contributed by atoms with Crippen molar-refractivity contribution < 1.29 is 28.8 Å². The molecule has 25 heavy (non-hydrogen) atoms. The number of aliphatic hydroxyl groups excluding tert-OH is 1. The minimum Gasteiger partial charge on any atom is -0.491 e. The first-order valence-corrected chi connectivity index (χ1v) is 8.04. The predicted octanol–water partition coefficient (Wildman–Crippen LogP) is 2.16. The molecule has 0 saturated carbocycles. The van der Waals surface area contributed by atoms with Gasteiger partial charge in [-0.15, -0.1) is 0 Å². The van der Waals surface area contributed by atoms with Gasteiger partial charge >= 0.3 is 5.97 Å². The topological polar surface area (TPSA) is 74.2 Å². The Labute approximate surface area is 145 Å². The van der Waals surface area contributed by atoms with E-state index in [2.05, 4.69) is 0 Å². The van der Waals surface area contributed by atoms with E-state index < -0.39 is 30.6 Å². The fraction of sp³-hybridized carbons (Fsp3) is 0.316. The van der Waals surface area contributed by atoms with Crippen molar-refractivity contribution in [1.82, 2.24) is 0 Å². The van der Waals surface area contributed by atoms with Crippen LogP contribution in [0, 0.1) is 0 Å². The van der Waals surface area contributed by atoms with Crippen molar-refractivity contribution in [2.24, 2.45) is 0 Å². The van der Waals surface area contributed by atoms with Gasteiger partial charge in [0.25, 0.3) is 0 Å². The molecule has 0 amide bonds. The Morgan fingerprint density at radius 3 is 2.20 bits per heavy atom. The second-order valence-corrected chi connectivity index (χ2v) is 5.66. The summed E-state index contributed by atoms with van der Waals surface area (Å²) >= 11 is 0. The molecule has 1 aliphatic rings. The normalized spacial score (nSPS) is 25.4. The lowest BCUT2D eigenvalue weighted by Crippen LogP contribution is -2.42. The molecule has 1 unspecified atom stereocenters. The number of hydrogen-bond donors (Lipinski definition) is 1. The second-order valence-electron chi connectivity index (χ2n) is 5.66. The largest absolute Gasteiger partial charge is 0.491 e. The van der Waals surface area contributed by atoms with Gasteiger partial charge in [0.15, 0.2) is 18.5 Å². The first kappa shape index (κ1) is 17.3. The number of ether oxygens (including phenoxy) is 4. The maximum atomic E-state index is 11.4. The molecule has 132 valence electrons. The monoisotopic (exact) mass is 344 g/mol. The zero-order valence-corrected chi connectivity index (χ0v) is 13.8. The molecule has 1 aliphatic heterocycles. The van der Waals surface area contributed by atoms with Gasteiger partial charge in [0.05, 0.1) is 0 Å². The van der Waals surface area contributed by atoms with Crippen LogP contribution in [0.5, 0.6) is 11.5 Å². The number of benzene rings is 2. The van der Waals surface area contributed by atoms with Crippen LogP contribution in [0.2, 0.25) is 0 Å². The smallest absolute Gasteiger partial charge is 0.303 e. The average molecular weight is 344 g/mol. The summed E-state index contributed by atoms with van der Waals surface area (Å²) in [4.78, 5) is 11.4. The molecular formula is C19H20O6. The summed E-state index contributed by atoms with van der Waals surface area (Å²) in [6, 6.07) is 18.3. The zero-order valence-electron chi connectivity index (χ0n) is 13.8. The molecule has 6 nitrogen and oxygen atoms in total. The van der Waals surface area contributed by atoms with Crippen LogP contribution in [-0.2, 0) is 14.3 Å². The lowest BCUT2D eigenvalue weighted by molar-refractivity contribution is -0.170. The third-order valence-electron chi connectivity index (χ3n) is 3.76. The van der Waals surface area contributed by atoms with Gasteiger partial charge < -0.3 is 24.1 Å². The van der Waals surface area contributed by atoms with Gasteiger partial charge in [-0.25, -0.2) is 0 Å². The Balaban J connectivity index is 1.73. The van der Waals surface area contributed by atoms with Crippen LogP contribution in [0.3, 0.4) is 0 Å². The van der Waals surface area contributed by atoms with Crippen molar-refractivity contribution in [1.29, 1.82) is 0 Å². The summed E-state index contributed by atoms with van der Waals surface area (Å²) in [6.07, 6.45) is -3.49. The molecule has 2 aromatic carbocycles. The van der Waals surface area contributed by atoms with Gasteiger partial charge in [-0.05, 0) is 24.3 Å². The van der Waals surface area contributed by atoms with Crippen LogP contribution < -0.4 is 9.47 Å². The van der Waals surface area contributed by atoms with Crippen molar-refractivity contribution in [3.63, 3.8) is 0 Å². The molecule has 0 radical (unpaired) electrons. The van der Waals surface area contributed by atoms with Crippen molar-refractivity contribution in [2.45, 2.75) is 31.5 Å². The first-order chi connectivity index (χ1) is 12.1. The minimum absolute atomic E-state index is 0.149. The number of rotatable bonds is 6. The summed E-state index contributed by atoms with van der Waals surface area (Å²) in [5.41, 5.74) is 0. The number of para-hydroxylation sites is 2. The molecule has 1 fully saturated rings. The molecule has 0 bridgehead atoms. The molecule has 6 heteroatoms. The number of carbonyl (C=O) groups is 1. The summed E-state index contributed by atoms with van der Waals surface area (Å²) in [5.74, 6) is 0.751. The van der Waals surface area contributed by atoms with E-state index in [0.29, 0.717) is 11.5 Å². The predicted molar refractivity (Wildman–Crippen MR) is 89.2 cm³/mol. The third kappa shape index (κ3) is 4.49. The van der Waals surface area contributed by atoms with E-state index in [9.17, 15) is 9.90 Å². The van der Waals surface area contributed by atoms with Gasteiger partial charge in [0.1, 0.15) is 24.2 Å². The van der Waals surface area contributed by atoms with Gasteiger partial charge in [0.2, 0.25) is 0 Å². The van der Waals surface area contributed by atoms with Gasteiger partial charge in [-0.1, -0.05) is 36.4 Å². The zero-order chi connectivity index (χ0) is 17.6. The molecule has 2 aromatic rings. The summed E-state index contributed by atoms with van der Waals surface area (Å²) in [6.45, 7) is 1.43. The Morgan fingerprint density at radius 2 is 1.60 bits per heavy atom. The average Bonchev–Trinajstić information content (AvgIpc) is 2.90. The Morgan fingerprint density at radius 1 is 1.00 bits per heavy atom. The molecule has 0 aromatic heterocycles. The lowest BCUT2D eigenvalue weighted by Gasteiger charge is -2.24. The highest BCUT2D eigenvalue weighted by Gasteiger charge is 2.48. The third-order valence-corrected chi connectivity index (χ3v) is 3.76. The summed E-state index contributed by atoms with van der Waals surface area (Å²) in [7, 11) is 0. The van der Waals surface area contributed by atoms with E-state index in [1.165, 1.54) is 6.92 Å². The van der Waals surface area contributed by atoms with E-state index in [0.717, 1.165) is 0 Å². The van der Waals surface area contributed by atoms with E-state index >= 15 is 0 Å². The SMILES string of the molecule is CC(=O)O[C@H]1C(O)O[C@H](COc2ccccc2)[C@H]1Oc1ccccc1. The van der Waals surface area contributed by atoms with E-state index in [-0.39, 0.29) is 6.61 Å². The number of carbonyl (C=O) groups excluding carboxylic acids is 1. The van der Waals surface area contributed by atoms with Gasteiger partial charge in [-0.3, -0.25) is 4.79 Å². The van der Waals surface area contributed by atoms with Crippen LogP contribution in [0.4, 0.5) is 0 Å². The minimum atomic E-state index is -1.28. The maximum absolute atomic E-state index is 11.4. The summed E-state index contributed by atoms with van der Waals surface area (Å²) < 4.78 is 22.3. The highest BCUT2D eigenvalue weighted by atomic mass is 16.7. The highest BCUT2D eigenvalue weighted by molar-refractivity contribution is 5.66. The van der Waals surface area contributed by atoms with E-state index in [1.54, 1.807) is 12.1 Å². The highest BCUT2D eigenvalue weighted by Crippen LogP contribution is 2.28. The standard InChI is InChI=1S/C19H20O6/c1-13(20)23-18-17(24-15-10-6-3-7-11-15)16(25-19(18)21)12-22-14-8-4-2-5-9-14/h2-11,16-19,21H,12H2,1H3/t16-,17-,18-,19?/m1/s1. The van der Waals surface area contributed by atoms with Crippen LogP contribution in [0.15, 0.2) is 60.7 Å². The number of hydrogen-bond acceptors (Lipinski definition) is 6. The fourth-order valence-electron chi connectivity index (χ4n) is 2.65. The van der Waals surface area contributed by atoms with E-state index in [1.807, 2.05) is 48.5 Å². The van der Waals surface area contributed by atoms with Crippen LogP contribution in [0.1, 0.15) is 6.92 Å². The number of aliphatic hydroxyl groups is 1. The van der Waals surface area contributed by atoms with Crippen molar-refractivity contribution in [3.8, 4) is 11.5 Å². The quantitative estimate of drug-likeness (QED) is 0.810. The second kappa shape index (κ2) is 8.00. The molecule has 1 heterocycles. The van der Waals surface area contributed by atoms with Crippen molar-refractivity contribution >= 4 is 5.97 Å². The Bertz CT molecular complexity index is 675. The lowest BCUT2D eigenvalue weighted by atomic mass is 10.1. The van der Waals surface area contributed by atoms with Crippen molar-refractivity contribution in [2.75, 3.05) is 6.61 Å². The van der Waals surface area contributed by atoms with Crippen molar-refractivity contribution in [3.05, 3.63) is 60.7 Å². The van der Waals surface area contributed by atoms with Crippen LogP contribution in [-0.4, -0.2) is 42.3 Å². The first-order valence-electron chi connectivity index (χ1n) is 8.04. The molecule has 1 N–H and O–H groups in total. The van der Waals surface area contributed by atoms with Crippen LogP contribution >= 0.6 is 0 Å². The van der Waals surface area contributed by atoms with E-state index in [4.69, 9.17) is 18.9 Å².